The Hall–Kier alpha value is -2.18. The van der Waals surface area contributed by atoms with Gasteiger partial charge in [-0.2, -0.15) is 0 Å². The van der Waals surface area contributed by atoms with Crippen molar-refractivity contribution in [3.05, 3.63) is 81.6 Å². The molecule has 0 saturated carbocycles. The van der Waals surface area contributed by atoms with Gasteiger partial charge in [-0.15, -0.1) is 6.58 Å². The predicted molar refractivity (Wildman–Crippen MR) is 110 cm³/mol. The van der Waals surface area contributed by atoms with E-state index in [-0.39, 0.29) is 16.6 Å². The van der Waals surface area contributed by atoms with Crippen LogP contribution < -0.4 is 5.56 Å². The average Bonchev–Trinajstić information content (AvgIpc) is 2.65. The summed E-state index contributed by atoms with van der Waals surface area (Å²) in [4.78, 5) is 30.1. The number of thioether (sulfide) groups is 1. The van der Waals surface area contributed by atoms with Crippen LogP contribution in [0.3, 0.4) is 0 Å². The number of rotatable bonds is 6. The molecule has 0 fully saturated rings. The molecule has 1 heterocycles. The lowest BCUT2D eigenvalue weighted by molar-refractivity contribution is 0.0994. The third-order valence-electron chi connectivity index (χ3n) is 3.92. The van der Waals surface area contributed by atoms with E-state index < -0.39 is 0 Å². The predicted octanol–water partition coefficient (Wildman–Crippen LogP) is 4.71. The normalized spacial score (nSPS) is 12.1. The van der Waals surface area contributed by atoms with E-state index in [9.17, 15) is 9.59 Å². The molecule has 0 aliphatic rings. The number of ketones is 1. The number of hydrogen-bond acceptors (Lipinski definition) is 4. The van der Waals surface area contributed by atoms with Gasteiger partial charge in [-0.1, -0.05) is 58.0 Å². The summed E-state index contributed by atoms with van der Waals surface area (Å²) in [5.41, 5.74) is 1.14. The van der Waals surface area contributed by atoms with Crippen LogP contribution in [-0.4, -0.2) is 20.6 Å². The van der Waals surface area contributed by atoms with E-state index in [0.29, 0.717) is 28.2 Å². The van der Waals surface area contributed by atoms with E-state index in [4.69, 9.17) is 0 Å². The first kappa shape index (κ1) is 18.6. The Labute approximate surface area is 164 Å². The third kappa shape index (κ3) is 3.81. The fourth-order valence-corrected chi connectivity index (χ4v) is 3.85. The van der Waals surface area contributed by atoms with E-state index in [2.05, 4.69) is 27.5 Å². The number of fused-ring (bicyclic) bond motifs is 1. The van der Waals surface area contributed by atoms with Crippen LogP contribution in [0.15, 0.2) is 75.6 Å². The molecule has 0 saturated heterocycles. The lowest BCUT2D eigenvalue weighted by Gasteiger charge is -2.15. The summed E-state index contributed by atoms with van der Waals surface area (Å²) in [5, 5.41) is 0.706. The van der Waals surface area contributed by atoms with Crippen molar-refractivity contribution in [2.45, 2.75) is 23.9 Å². The first-order valence-electron chi connectivity index (χ1n) is 8.08. The number of hydrogen-bond donors (Lipinski definition) is 0. The van der Waals surface area contributed by atoms with Crippen LogP contribution in [-0.2, 0) is 6.54 Å². The van der Waals surface area contributed by atoms with Crippen molar-refractivity contribution in [2.24, 2.45) is 0 Å². The zero-order valence-electron chi connectivity index (χ0n) is 14.2. The molecule has 0 amide bonds. The number of allylic oxidation sites excluding steroid dienone is 1. The SMILES string of the molecule is C=CCn1c(SC(C)C(=O)c2ccc(Br)cc2)nc2ccccc2c1=O. The minimum atomic E-state index is -0.375. The van der Waals surface area contributed by atoms with Gasteiger partial charge in [0.1, 0.15) is 0 Å². The number of carbonyl (C=O) groups excluding carboxylic acids is 1. The van der Waals surface area contributed by atoms with Gasteiger partial charge in [-0.05, 0) is 31.2 Å². The molecule has 132 valence electrons. The number of nitrogens with zero attached hydrogens (tertiary/aromatic N) is 2. The lowest BCUT2D eigenvalue weighted by atomic mass is 10.1. The zero-order chi connectivity index (χ0) is 18.7. The minimum absolute atomic E-state index is 0.00457. The molecule has 0 spiro atoms. The number of Topliss-reactive ketones (excluding diaryl/α,β-unsaturated/α-hetero) is 1. The number of benzene rings is 2. The Morgan fingerprint density at radius 1 is 1.27 bits per heavy atom. The van der Waals surface area contributed by atoms with E-state index in [1.807, 2.05) is 31.2 Å². The highest BCUT2D eigenvalue weighted by Gasteiger charge is 2.20. The van der Waals surface area contributed by atoms with Crippen molar-refractivity contribution >= 4 is 44.4 Å². The first-order valence-corrected chi connectivity index (χ1v) is 9.75. The second kappa shape index (κ2) is 8.01. The van der Waals surface area contributed by atoms with E-state index in [0.717, 1.165) is 4.47 Å². The van der Waals surface area contributed by atoms with Gasteiger partial charge in [-0.3, -0.25) is 14.2 Å². The summed E-state index contributed by atoms with van der Waals surface area (Å²) >= 11 is 4.66. The van der Waals surface area contributed by atoms with Crippen LogP contribution in [0.25, 0.3) is 10.9 Å². The lowest BCUT2D eigenvalue weighted by Crippen LogP contribution is -2.24. The molecule has 0 radical (unpaired) electrons. The van der Waals surface area contributed by atoms with Crippen molar-refractivity contribution in [3.8, 4) is 0 Å². The van der Waals surface area contributed by atoms with Gasteiger partial charge in [-0.25, -0.2) is 4.98 Å². The van der Waals surface area contributed by atoms with Gasteiger partial charge in [0.2, 0.25) is 0 Å². The van der Waals surface area contributed by atoms with Gasteiger partial charge < -0.3 is 0 Å². The highest BCUT2D eigenvalue weighted by molar-refractivity contribution is 9.10. The van der Waals surface area contributed by atoms with Crippen LogP contribution in [0.4, 0.5) is 0 Å². The summed E-state index contributed by atoms with van der Waals surface area (Å²) in [6.45, 7) is 5.89. The molecule has 0 aliphatic carbocycles. The summed E-state index contributed by atoms with van der Waals surface area (Å²) in [7, 11) is 0. The van der Waals surface area contributed by atoms with E-state index >= 15 is 0 Å². The molecule has 3 aromatic rings. The van der Waals surface area contributed by atoms with Crippen LogP contribution in [0.1, 0.15) is 17.3 Å². The number of carbonyl (C=O) groups is 1. The monoisotopic (exact) mass is 428 g/mol. The molecular weight excluding hydrogens is 412 g/mol. The van der Waals surface area contributed by atoms with Crippen molar-refractivity contribution in [1.82, 2.24) is 9.55 Å². The Morgan fingerprint density at radius 2 is 1.96 bits per heavy atom. The van der Waals surface area contributed by atoms with Crippen LogP contribution in [0.2, 0.25) is 0 Å². The maximum atomic E-state index is 12.8. The van der Waals surface area contributed by atoms with Crippen molar-refractivity contribution in [1.29, 1.82) is 0 Å². The second-order valence-corrected chi connectivity index (χ2v) is 7.97. The van der Waals surface area contributed by atoms with Crippen molar-refractivity contribution < 1.29 is 4.79 Å². The van der Waals surface area contributed by atoms with Gasteiger partial charge in [0.05, 0.1) is 16.2 Å². The van der Waals surface area contributed by atoms with Gasteiger partial charge >= 0.3 is 0 Å². The van der Waals surface area contributed by atoms with Crippen LogP contribution >= 0.6 is 27.7 Å². The smallest absolute Gasteiger partial charge is 0.262 e. The number of aromatic nitrogens is 2. The molecule has 26 heavy (non-hydrogen) atoms. The summed E-state index contributed by atoms with van der Waals surface area (Å²) in [6.07, 6.45) is 1.66. The number of para-hydroxylation sites is 1. The largest absolute Gasteiger partial charge is 0.293 e. The average molecular weight is 429 g/mol. The fraction of sp³-hybridized carbons (Fsp3) is 0.150. The molecule has 3 rings (SSSR count). The Balaban J connectivity index is 1.97. The second-order valence-electron chi connectivity index (χ2n) is 5.75. The Kier molecular flexibility index (Phi) is 5.74. The molecule has 1 aromatic heterocycles. The number of halogens is 1. The summed E-state index contributed by atoms with van der Waals surface area (Å²) < 4.78 is 2.48. The Morgan fingerprint density at radius 3 is 2.65 bits per heavy atom. The van der Waals surface area contributed by atoms with E-state index in [1.54, 1.807) is 34.9 Å². The fourth-order valence-electron chi connectivity index (χ4n) is 2.59. The highest BCUT2D eigenvalue weighted by Crippen LogP contribution is 2.25. The molecule has 1 unspecified atom stereocenters. The molecule has 1 atom stereocenters. The van der Waals surface area contributed by atoms with Gasteiger partial charge in [0.25, 0.3) is 5.56 Å². The minimum Gasteiger partial charge on any atom is -0.293 e. The van der Waals surface area contributed by atoms with Gasteiger partial charge in [0.15, 0.2) is 10.9 Å². The topological polar surface area (TPSA) is 52.0 Å². The summed E-state index contributed by atoms with van der Waals surface area (Å²) in [6, 6.07) is 14.5. The molecule has 2 aromatic carbocycles. The Bertz CT molecular complexity index is 1030. The molecule has 0 N–H and O–H groups in total. The first-order chi connectivity index (χ1) is 12.5. The molecule has 6 heteroatoms. The van der Waals surface area contributed by atoms with E-state index in [1.165, 1.54) is 11.8 Å². The summed E-state index contributed by atoms with van der Waals surface area (Å²) in [5.74, 6) is -0.00457. The third-order valence-corrected chi connectivity index (χ3v) is 5.54. The maximum absolute atomic E-state index is 12.8. The molecule has 0 bridgehead atoms. The van der Waals surface area contributed by atoms with Crippen LogP contribution in [0, 0.1) is 0 Å². The molecule has 0 aliphatic heterocycles. The van der Waals surface area contributed by atoms with Crippen molar-refractivity contribution in [3.63, 3.8) is 0 Å². The maximum Gasteiger partial charge on any atom is 0.262 e. The zero-order valence-corrected chi connectivity index (χ0v) is 16.6. The van der Waals surface area contributed by atoms with Crippen LogP contribution in [0.5, 0.6) is 0 Å². The quantitative estimate of drug-likeness (QED) is 0.247. The van der Waals surface area contributed by atoms with Crippen molar-refractivity contribution in [2.75, 3.05) is 0 Å². The van der Waals surface area contributed by atoms with Gasteiger partial charge in [0, 0.05) is 16.6 Å². The highest BCUT2D eigenvalue weighted by atomic mass is 79.9. The standard InChI is InChI=1S/C20H17BrN2O2S/c1-3-12-23-19(25)16-6-4-5-7-17(16)22-20(23)26-13(2)18(24)14-8-10-15(21)11-9-14/h3-11,13H,1,12H2,2H3. The molecule has 4 nitrogen and oxygen atoms in total. The molecular formula is C20H17BrN2O2S.